The molecule has 0 radical (unpaired) electrons. The molecule has 1 N–H and O–H groups in total. The van der Waals surface area contributed by atoms with Crippen LogP contribution in [0.4, 0.5) is 11.4 Å². The van der Waals surface area contributed by atoms with Crippen LogP contribution < -0.4 is 10.2 Å². The molecule has 0 spiro atoms. The topological polar surface area (TPSA) is 73.2 Å². The summed E-state index contributed by atoms with van der Waals surface area (Å²) in [5, 5.41) is 12.4. The van der Waals surface area contributed by atoms with Gasteiger partial charge in [-0.2, -0.15) is 5.26 Å². The van der Waals surface area contributed by atoms with Crippen molar-refractivity contribution in [2.24, 2.45) is 5.92 Å². The molecule has 1 saturated heterocycles. The Morgan fingerprint density at radius 1 is 1.20 bits per heavy atom. The molecule has 1 aliphatic rings. The first-order chi connectivity index (χ1) is 12.0. The Labute approximate surface area is 154 Å². The number of hydrogen-bond acceptors (Lipinski definition) is 3. The van der Waals surface area contributed by atoms with Crippen LogP contribution in [0.3, 0.4) is 0 Å². The van der Waals surface area contributed by atoms with E-state index in [0.717, 1.165) is 0 Å². The highest BCUT2D eigenvalue weighted by Crippen LogP contribution is 2.33. The molecule has 25 heavy (non-hydrogen) atoms. The summed E-state index contributed by atoms with van der Waals surface area (Å²) in [6, 6.07) is 13.5. The van der Waals surface area contributed by atoms with Gasteiger partial charge in [-0.15, -0.1) is 0 Å². The van der Waals surface area contributed by atoms with Gasteiger partial charge < -0.3 is 10.2 Å². The Bertz CT molecular complexity index is 875. The summed E-state index contributed by atoms with van der Waals surface area (Å²) < 4.78 is 0. The molecule has 2 aromatic rings. The second-order valence-electron chi connectivity index (χ2n) is 5.68. The summed E-state index contributed by atoms with van der Waals surface area (Å²) >= 11 is 12.0. The number of nitriles is 1. The van der Waals surface area contributed by atoms with Crippen molar-refractivity contribution in [3.05, 3.63) is 58.1 Å². The average Bonchev–Trinajstić information content (AvgIpc) is 2.97. The molecular weight excluding hydrogens is 361 g/mol. The number of carbonyl (C=O) groups excluding carboxylic acids is 2. The summed E-state index contributed by atoms with van der Waals surface area (Å²) in [6.45, 7) is 0.252. The molecule has 0 aliphatic carbocycles. The van der Waals surface area contributed by atoms with Gasteiger partial charge in [0.2, 0.25) is 11.8 Å². The lowest BCUT2D eigenvalue weighted by Crippen LogP contribution is -2.28. The second kappa shape index (κ2) is 7.14. The average molecular weight is 374 g/mol. The molecular formula is C18H13Cl2N3O2. The van der Waals surface area contributed by atoms with Gasteiger partial charge in [0.15, 0.2) is 0 Å². The van der Waals surface area contributed by atoms with Gasteiger partial charge in [-0.25, -0.2) is 0 Å². The second-order valence-corrected chi connectivity index (χ2v) is 6.52. The van der Waals surface area contributed by atoms with E-state index in [1.807, 2.05) is 6.07 Å². The van der Waals surface area contributed by atoms with Crippen LogP contribution in [0.5, 0.6) is 0 Å². The van der Waals surface area contributed by atoms with Gasteiger partial charge in [-0.3, -0.25) is 9.59 Å². The minimum Gasteiger partial charge on any atom is -0.326 e. The number of rotatable bonds is 3. The van der Waals surface area contributed by atoms with E-state index in [4.69, 9.17) is 28.5 Å². The Hall–Kier alpha value is -2.55. The third kappa shape index (κ3) is 3.76. The summed E-state index contributed by atoms with van der Waals surface area (Å²) in [7, 11) is 0. The molecule has 2 aromatic carbocycles. The molecule has 1 atom stereocenters. The molecule has 0 saturated carbocycles. The highest BCUT2D eigenvalue weighted by atomic mass is 35.5. The van der Waals surface area contributed by atoms with Gasteiger partial charge >= 0.3 is 0 Å². The lowest BCUT2D eigenvalue weighted by Gasteiger charge is -2.18. The highest BCUT2D eigenvalue weighted by molar-refractivity contribution is 6.36. The Morgan fingerprint density at radius 2 is 1.92 bits per heavy atom. The van der Waals surface area contributed by atoms with Gasteiger partial charge in [-0.1, -0.05) is 23.2 Å². The fourth-order valence-corrected chi connectivity index (χ4v) is 3.20. The molecule has 1 unspecified atom stereocenters. The van der Waals surface area contributed by atoms with Gasteiger partial charge in [0.25, 0.3) is 0 Å². The van der Waals surface area contributed by atoms with Crippen LogP contribution in [0.1, 0.15) is 12.0 Å². The number of nitrogens with one attached hydrogen (secondary N) is 1. The quantitative estimate of drug-likeness (QED) is 0.887. The summed E-state index contributed by atoms with van der Waals surface area (Å²) in [6.07, 6.45) is 0.112. The van der Waals surface area contributed by atoms with Crippen molar-refractivity contribution >= 4 is 46.4 Å². The first kappa shape index (κ1) is 17.3. The Balaban J connectivity index is 1.71. The fraction of sp³-hybridized carbons (Fsp3) is 0.167. The number of halogens is 2. The van der Waals surface area contributed by atoms with Crippen molar-refractivity contribution in [2.45, 2.75) is 6.42 Å². The first-order valence-electron chi connectivity index (χ1n) is 7.54. The first-order valence-corrected chi connectivity index (χ1v) is 8.30. The van der Waals surface area contributed by atoms with Crippen molar-refractivity contribution < 1.29 is 9.59 Å². The highest BCUT2D eigenvalue weighted by Gasteiger charge is 2.36. The van der Waals surface area contributed by atoms with E-state index in [1.54, 1.807) is 42.5 Å². The number of anilines is 2. The van der Waals surface area contributed by atoms with Crippen molar-refractivity contribution in [2.75, 3.05) is 16.8 Å². The zero-order valence-electron chi connectivity index (χ0n) is 13.0. The van der Waals surface area contributed by atoms with Crippen LogP contribution in [-0.4, -0.2) is 18.4 Å². The standard InChI is InChI=1S/C18H13Cl2N3O2/c19-13-3-6-16(15(20)8-13)23-10-12(7-17(23)24)18(25)22-14-4-1-11(9-21)2-5-14/h1-6,8,12H,7,10H2,(H,22,25). The van der Waals surface area contributed by atoms with Crippen molar-refractivity contribution in [3.63, 3.8) is 0 Å². The van der Waals surface area contributed by atoms with Gasteiger partial charge in [0.1, 0.15) is 0 Å². The van der Waals surface area contributed by atoms with Crippen molar-refractivity contribution in [1.29, 1.82) is 5.26 Å². The fourth-order valence-electron chi connectivity index (χ4n) is 2.69. The molecule has 3 rings (SSSR count). The van der Waals surface area contributed by atoms with Gasteiger partial charge in [-0.05, 0) is 42.5 Å². The molecule has 7 heteroatoms. The van der Waals surface area contributed by atoms with E-state index in [0.29, 0.717) is 27.0 Å². The van der Waals surface area contributed by atoms with Crippen molar-refractivity contribution in [1.82, 2.24) is 0 Å². The number of hydrogen-bond donors (Lipinski definition) is 1. The van der Waals surface area contributed by atoms with E-state index in [9.17, 15) is 9.59 Å². The SMILES string of the molecule is N#Cc1ccc(NC(=O)C2CC(=O)N(c3ccc(Cl)cc3Cl)C2)cc1. The van der Waals surface area contributed by atoms with Crippen LogP contribution in [-0.2, 0) is 9.59 Å². The Morgan fingerprint density at radius 3 is 2.56 bits per heavy atom. The number of carbonyl (C=O) groups is 2. The van der Waals surface area contributed by atoms with Gasteiger partial charge in [0.05, 0.1) is 28.3 Å². The maximum Gasteiger partial charge on any atom is 0.229 e. The minimum atomic E-state index is -0.477. The van der Waals surface area contributed by atoms with Crippen LogP contribution in [0.2, 0.25) is 10.0 Å². The lowest BCUT2D eigenvalue weighted by atomic mass is 10.1. The minimum absolute atomic E-state index is 0.112. The zero-order valence-corrected chi connectivity index (χ0v) is 14.5. The molecule has 126 valence electrons. The summed E-state index contributed by atoms with van der Waals surface area (Å²) in [4.78, 5) is 26.2. The van der Waals surface area contributed by atoms with E-state index in [2.05, 4.69) is 5.32 Å². The summed E-state index contributed by atoms with van der Waals surface area (Å²) in [5.41, 5.74) is 1.64. The largest absolute Gasteiger partial charge is 0.326 e. The lowest BCUT2D eigenvalue weighted by molar-refractivity contribution is -0.122. The van der Waals surface area contributed by atoms with Crippen LogP contribution in [0.15, 0.2) is 42.5 Å². The van der Waals surface area contributed by atoms with Crippen LogP contribution >= 0.6 is 23.2 Å². The van der Waals surface area contributed by atoms with Crippen LogP contribution in [0, 0.1) is 17.2 Å². The normalized spacial score (nSPS) is 16.6. The maximum atomic E-state index is 12.4. The molecule has 1 fully saturated rings. The predicted molar refractivity (Wildman–Crippen MR) is 96.7 cm³/mol. The third-order valence-electron chi connectivity index (χ3n) is 3.98. The van der Waals surface area contributed by atoms with Crippen molar-refractivity contribution in [3.8, 4) is 6.07 Å². The smallest absolute Gasteiger partial charge is 0.229 e. The monoisotopic (exact) mass is 373 g/mol. The number of benzene rings is 2. The van der Waals surface area contributed by atoms with E-state index in [1.165, 1.54) is 4.90 Å². The van der Waals surface area contributed by atoms with E-state index >= 15 is 0 Å². The van der Waals surface area contributed by atoms with Gasteiger partial charge in [0, 0.05) is 23.7 Å². The predicted octanol–water partition coefficient (Wildman–Crippen LogP) is 3.86. The van der Waals surface area contributed by atoms with E-state index in [-0.39, 0.29) is 24.8 Å². The van der Waals surface area contributed by atoms with E-state index < -0.39 is 5.92 Å². The number of amides is 2. The number of nitrogens with zero attached hydrogens (tertiary/aromatic N) is 2. The molecule has 2 amide bonds. The zero-order chi connectivity index (χ0) is 18.0. The molecule has 1 heterocycles. The summed E-state index contributed by atoms with van der Waals surface area (Å²) in [5.74, 6) is -0.885. The molecule has 0 bridgehead atoms. The Kier molecular flexibility index (Phi) is 4.93. The molecule has 5 nitrogen and oxygen atoms in total. The molecule has 1 aliphatic heterocycles. The maximum absolute atomic E-state index is 12.4. The molecule has 0 aromatic heterocycles. The van der Waals surface area contributed by atoms with Crippen LogP contribution in [0.25, 0.3) is 0 Å². The third-order valence-corrected chi connectivity index (χ3v) is 4.52.